The third kappa shape index (κ3) is 2.16. The topological polar surface area (TPSA) is 76.0 Å². The van der Waals surface area contributed by atoms with Gasteiger partial charge in [-0.05, 0) is 5.56 Å². The van der Waals surface area contributed by atoms with Crippen LogP contribution in [-0.4, -0.2) is 23.1 Å². The lowest BCUT2D eigenvalue weighted by molar-refractivity contribution is -0.126. The van der Waals surface area contributed by atoms with Crippen molar-refractivity contribution in [1.82, 2.24) is 0 Å². The normalized spacial score (nSPS) is 17.0. The predicted molar refractivity (Wildman–Crippen MR) is 74.8 cm³/mol. The summed E-state index contributed by atoms with van der Waals surface area (Å²) in [6.07, 6.45) is -0.705. The maximum atomic E-state index is 12.3. The van der Waals surface area contributed by atoms with E-state index in [9.17, 15) is 15.0 Å². The lowest BCUT2D eigenvalue weighted by atomic mass is 9.95. The van der Waals surface area contributed by atoms with Crippen LogP contribution in [0.2, 0.25) is 0 Å². The summed E-state index contributed by atoms with van der Waals surface area (Å²) in [6.45, 7) is 0. The summed E-state index contributed by atoms with van der Waals surface area (Å²) >= 11 is 0. The highest BCUT2D eigenvalue weighted by Gasteiger charge is 2.33. The van der Waals surface area contributed by atoms with E-state index in [1.807, 2.05) is 18.2 Å². The second kappa shape index (κ2) is 5.01. The number of ether oxygens (including phenoxy) is 2. The first-order valence-electron chi connectivity index (χ1n) is 6.48. The fraction of sp³-hybridized carbons (Fsp3) is 0.188. The van der Waals surface area contributed by atoms with E-state index in [1.54, 1.807) is 12.1 Å². The van der Waals surface area contributed by atoms with Crippen molar-refractivity contribution < 1.29 is 24.5 Å². The van der Waals surface area contributed by atoms with Crippen molar-refractivity contribution >= 4 is 5.78 Å². The molecule has 21 heavy (non-hydrogen) atoms. The minimum atomic E-state index is -0.731. The number of hydrogen-bond donors (Lipinski definition) is 2. The lowest BCUT2D eigenvalue weighted by Gasteiger charge is -2.26. The van der Waals surface area contributed by atoms with Gasteiger partial charge in [0.15, 0.2) is 23.4 Å². The highest BCUT2D eigenvalue weighted by atomic mass is 16.5. The number of benzene rings is 2. The standard InChI is InChI=1S/C16H14O5/c1-20-16-12(18)8-13-10(14(16)19)7-11(17)15(21-13)9-5-3-2-4-6-9/h2-6,8,15,18-19H,7H2,1H3. The molecule has 0 aromatic heterocycles. The molecule has 0 fully saturated rings. The summed E-state index contributed by atoms with van der Waals surface area (Å²) in [5.74, 6) is -0.401. The molecule has 0 bridgehead atoms. The number of phenols is 2. The molecule has 0 amide bonds. The van der Waals surface area contributed by atoms with E-state index in [-0.39, 0.29) is 29.5 Å². The SMILES string of the molecule is COc1c(O)cc2c(c1O)CC(=O)C(c1ccccc1)O2. The van der Waals surface area contributed by atoms with Gasteiger partial charge in [0.1, 0.15) is 5.75 Å². The zero-order valence-corrected chi connectivity index (χ0v) is 11.4. The molecule has 0 saturated heterocycles. The molecule has 3 rings (SSSR count). The molecular formula is C16H14O5. The number of aromatic hydroxyl groups is 2. The summed E-state index contributed by atoms with van der Waals surface area (Å²) in [6, 6.07) is 10.5. The molecule has 0 radical (unpaired) electrons. The van der Waals surface area contributed by atoms with Gasteiger partial charge in [0.2, 0.25) is 5.75 Å². The number of Topliss-reactive ketones (excluding diaryl/α,β-unsaturated/α-hetero) is 1. The van der Waals surface area contributed by atoms with Crippen LogP contribution in [0.5, 0.6) is 23.0 Å². The Labute approximate surface area is 121 Å². The van der Waals surface area contributed by atoms with Crippen LogP contribution in [0.1, 0.15) is 17.2 Å². The van der Waals surface area contributed by atoms with Crippen molar-refractivity contribution in [3.05, 3.63) is 47.5 Å². The van der Waals surface area contributed by atoms with Gasteiger partial charge in [0, 0.05) is 18.1 Å². The second-order valence-electron chi connectivity index (χ2n) is 4.81. The lowest BCUT2D eigenvalue weighted by Crippen LogP contribution is -2.25. The van der Waals surface area contributed by atoms with Crippen molar-refractivity contribution in [3.63, 3.8) is 0 Å². The quantitative estimate of drug-likeness (QED) is 0.886. The number of fused-ring (bicyclic) bond motifs is 1. The molecule has 0 aliphatic carbocycles. The van der Waals surface area contributed by atoms with Gasteiger partial charge in [-0.25, -0.2) is 0 Å². The molecule has 0 saturated carbocycles. The molecule has 5 nitrogen and oxygen atoms in total. The van der Waals surface area contributed by atoms with Gasteiger partial charge in [-0.3, -0.25) is 4.79 Å². The van der Waals surface area contributed by atoms with E-state index in [0.29, 0.717) is 11.3 Å². The Morgan fingerprint density at radius 1 is 1.24 bits per heavy atom. The maximum Gasteiger partial charge on any atom is 0.203 e. The molecular weight excluding hydrogens is 272 g/mol. The number of hydrogen-bond acceptors (Lipinski definition) is 5. The van der Waals surface area contributed by atoms with E-state index >= 15 is 0 Å². The molecule has 1 aliphatic rings. The van der Waals surface area contributed by atoms with Crippen LogP contribution in [0, 0.1) is 0 Å². The summed E-state index contributed by atoms with van der Waals surface area (Å²) in [5.41, 5.74) is 1.07. The fourth-order valence-corrected chi connectivity index (χ4v) is 2.47. The molecule has 1 atom stereocenters. The summed E-state index contributed by atoms with van der Waals surface area (Å²) in [7, 11) is 1.33. The van der Waals surface area contributed by atoms with Crippen molar-refractivity contribution in [2.45, 2.75) is 12.5 Å². The highest BCUT2D eigenvalue weighted by molar-refractivity contribution is 5.90. The fourth-order valence-electron chi connectivity index (χ4n) is 2.47. The summed E-state index contributed by atoms with van der Waals surface area (Å²) in [5, 5.41) is 19.9. The number of rotatable bonds is 2. The van der Waals surface area contributed by atoms with Crippen LogP contribution < -0.4 is 9.47 Å². The van der Waals surface area contributed by atoms with Crippen molar-refractivity contribution in [2.24, 2.45) is 0 Å². The Hall–Kier alpha value is -2.69. The van der Waals surface area contributed by atoms with Crippen LogP contribution >= 0.6 is 0 Å². The Bertz CT molecular complexity index is 694. The Morgan fingerprint density at radius 2 is 1.95 bits per heavy atom. The van der Waals surface area contributed by atoms with Crippen LogP contribution in [0.15, 0.2) is 36.4 Å². The molecule has 2 aromatic rings. The molecule has 1 heterocycles. The number of ketones is 1. The zero-order chi connectivity index (χ0) is 15.0. The predicted octanol–water partition coefficient (Wildman–Crippen LogP) is 2.35. The average Bonchev–Trinajstić information content (AvgIpc) is 2.49. The van der Waals surface area contributed by atoms with Crippen LogP contribution in [0.4, 0.5) is 0 Å². The van der Waals surface area contributed by atoms with Crippen LogP contribution in [0.25, 0.3) is 0 Å². The molecule has 0 spiro atoms. The Kier molecular flexibility index (Phi) is 3.17. The number of carbonyl (C=O) groups is 1. The molecule has 1 unspecified atom stereocenters. The highest BCUT2D eigenvalue weighted by Crippen LogP contribution is 2.47. The molecule has 2 aromatic carbocycles. The van der Waals surface area contributed by atoms with Gasteiger partial charge in [-0.15, -0.1) is 0 Å². The number of carbonyl (C=O) groups excluding carboxylic acids is 1. The van der Waals surface area contributed by atoms with Crippen molar-refractivity contribution in [2.75, 3.05) is 7.11 Å². The second-order valence-corrected chi connectivity index (χ2v) is 4.81. The van der Waals surface area contributed by atoms with Gasteiger partial charge in [-0.1, -0.05) is 30.3 Å². The zero-order valence-electron chi connectivity index (χ0n) is 11.4. The minimum absolute atomic E-state index is 0.0252. The van der Waals surface area contributed by atoms with Crippen LogP contribution in [-0.2, 0) is 11.2 Å². The number of methoxy groups -OCH3 is 1. The Morgan fingerprint density at radius 3 is 2.62 bits per heavy atom. The third-order valence-corrected chi connectivity index (χ3v) is 3.49. The van der Waals surface area contributed by atoms with Crippen LogP contribution in [0.3, 0.4) is 0 Å². The molecule has 1 aliphatic heterocycles. The first kappa shape index (κ1) is 13.3. The van der Waals surface area contributed by atoms with Crippen molar-refractivity contribution in [3.8, 4) is 23.0 Å². The van der Waals surface area contributed by atoms with E-state index in [1.165, 1.54) is 13.2 Å². The first-order chi connectivity index (χ1) is 10.1. The van der Waals surface area contributed by atoms with E-state index in [2.05, 4.69) is 0 Å². The molecule has 108 valence electrons. The van der Waals surface area contributed by atoms with Gasteiger partial charge >= 0.3 is 0 Å². The number of phenolic OH excluding ortho intramolecular Hbond substituents is 2. The maximum absolute atomic E-state index is 12.3. The Balaban J connectivity index is 2.05. The third-order valence-electron chi connectivity index (χ3n) is 3.49. The van der Waals surface area contributed by atoms with Gasteiger partial charge in [0.05, 0.1) is 7.11 Å². The molecule has 2 N–H and O–H groups in total. The average molecular weight is 286 g/mol. The van der Waals surface area contributed by atoms with Gasteiger partial charge in [-0.2, -0.15) is 0 Å². The van der Waals surface area contributed by atoms with E-state index < -0.39 is 6.10 Å². The minimum Gasteiger partial charge on any atom is -0.504 e. The largest absolute Gasteiger partial charge is 0.504 e. The molecule has 5 heteroatoms. The van der Waals surface area contributed by atoms with E-state index in [0.717, 1.165) is 5.56 Å². The first-order valence-corrected chi connectivity index (χ1v) is 6.48. The summed E-state index contributed by atoms with van der Waals surface area (Å²) in [4.78, 5) is 12.3. The smallest absolute Gasteiger partial charge is 0.203 e. The summed E-state index contributed by atoms with van der Waals surface area (Å²) < 4.78 is 10.6. The van der Waals surface area contributed by atoms with Crippen molar-refractivity contribution in [1.29, 1.82) is 0 Å². The monoisotopic (exact) mass is 286 g/mol. The van der Waals surface area contributed by atoms with Gasteiger partial charge in [0.25, 0.3) is 0 Å². The van der Waals surface area contributed by atoms with E-state index in [4.69, 9.17) is 9.47 Å². The van der Waals surface area contributed by atoms with Gasteiger partial charge < -0.3 is 19.7 Å².